The van der Waals surface area contributed by atoms with E-state index in [4.69, 9.17) is 9.47 Å². The molecule has 2 aromatic carbocycles. The number of benzene rings is 2. The van der Waals surface area contributed by atoms with Gasteiger partial charge in [0.05, 0.1) is 26.1 Å². The maximum atomic E-state index is 9.84. The minimum Gasteiger partial charge on any atom is -0.504 e. The molecule has 2 N–H and O–H groups in total. The van der Waals surface area contributed by atoms with E-state index >= 15 is 0 Å². The van der Waals surface area contributed by atoms with Crippen molar-refractivity contribution in [1.82, 2.24) is 15.0 Å². The number of nitrogens with zero attached hydrogens (tertiary/aromatic N) is 3. The van der Waals surface area contributed by atoms with Crippen LogP contribution >= 0.6 is 0 Å². The maximum absolute atomic E-state index is 9.84. The largest absolute Gasteiger partial charge is 0.504 e. The van der Waals surface area contributed by atoms with Gasteiger partial charge in [-0.3, -0.25) is 0 Å². The Labute approximate surface area is 132 Å². The van der Waals surface area contributed by atoms with Gasteiger partial charge < -0.3 is 19.7 Å². The summed E-state index contributed by atoms with van der Waals surface area (Å²) >= 11 is 0. The van der Waals surface area contributed by atoms with Gasteiger partial charge in [-0.1, -0.05) is 5.21 Å². The summed E-state index contributed by atoms with van der Waals surface area (Å²) in [5.74, 6) is 0.827. The molecule has 0 radical (unpaired) electrons. The van der Waals surface area contributed by atoms with Crippen molar-refractivity contribution in [1.29, 1.82) is 0 Å². The molecule has 0 aliphatic rings. The van der Waals surface area contributed by atoms with Crippen LogP contribution in [0.25, 0.3) is 16.9 Å². The van der Waals surface area contributed by atoms with Gasteiger partial charge in [-0.2, -0.15) is 0 Å². The molecule has 0 fully saturated rings. The Morgan fingerprint density at radius 3 is 2.39 bits per heavy atom. The number of hydrogen-bond donors (Lipinski definition) is 2. The summed E-state index contributed by atoms with van der Waals surface area (Å²) < 4.78 is 11.6. The molecule has 0 spiro atoms. The Hall–Kier alpha value is -3.22. The van der Waals surface area contributed by atoms with Crippen molar-refractivity contribution in [2.75, 3.05) is 14.2 Å². The summed E-state index contributed by atoms with van der Waals surface area (Å²) in [6.45, 7) is 0. The molecule has 7 heteroatoms. The minimum atomic E-state index is 0.0216. The van der Waals surface area contributed by atoms with Crippen LogP contribution in [0.15, 0.2) is 42.6 Å². The molecular weight excluding hydrogens is 298 g/mol. The van der Waals surface area contributed by atoms with Gasteiger partial charge in [-0.05, 0) is 30.3 Å². The number of aromatic nitrogens is 3. The van der Waals surface area contributed by atoms with Gasteiger partial charge in [0.15, 0.2) is 23.0 Å². The van der Waals surface area contributed by atoms with Gasteiger partial charge >= 0.3 is 0 Å². The van der Waals surface area contributed by atoms with E-state index in [1.54, 1.807) is 30.5 Å². The minimum absolute atomic E-state index is 0.0216. The van der Waals surface area contributed by atoms with Crippen LogP contribution in [0.5, 0.6) is 23.0 Å². The third kappa shape index (κ3) is 2.76. The number of phenolic OH excluding ortho intramolecular Hbond substituents is 2. The van der Waals surface area contributed by atoms with Gasteiger partial charge in [0.25, 0.3) is 0 Å². The number of phenols is 2. The van der Waals surface area contributed by atoms with Gasteiger partial charge in [0, 0.05) is 11.6 Å². The molecule has 0 unspecified atom stereocenters. The summed E-state index contributed by atoms with van der Waals surface area (Å²) in [6.07, 6.45) is 1.72. The Morgan fingerprint density at radius 2 is 1.70 bits per heavy atom. The molecule has 0 atom stereocenters. The second-order valence-electron chi connectivity index (χ2n) is 4.79. The Balaban J connectivity index is 1.96. The Kier molecular flexibility index (Phi) is 3.76. The van der Waals surface area contributed by atoms with E-state index in [1.165, 1.54) is 31.0 Å². The van der Waals surface area contributed by atoms with E-state index in [-0.39, 0.29) is 11.5 Å². The van der Waals surface area contributed by atoms with Gasteiger partial charge in [0.1, 0.15) is 5.69 Å². The molecule has 1 heterocycles. The highest BCUT2D eigenvalue weighted by Crippen LogP contribution is 2.31. The first-order valence-electron chi connectivity index (χ1n) is 6.79. The molecule has 3 aromatic rings. The molecule has 7 nitrogen and oxygen atoms in total. The first-order chi connectivity index (χ1) is 11.1. The highest BCUT2D eigenvalue weighted by Gasteiger charge is 2.10. The zero-order chi connectivity index (χ0) is 16.4. The van der Waals surface area contributed by atoms with Gasteiger partial charge in [0.2, 0.25) is 0 Å². The highest BCUT2D eigenvalue weighted by atomic mass is 16.5. The predicted molar refractivity (Wildman–Crippen MR) is 83.2 cm³/mol. The lowest BCUT2D eigenvalue weighted by Gasteiger charge is -2.05. The molecule has 0 saturated heterocycles. The van der Waals surface area contributed by atoms with Crippen molar-refractivity contribution in [3.63, 3.8) is 0 Å². The van der Waals surface area contributed by atoms with Crippen LogP contribution in [0, 0.1) is 0 Å². The topological polar surface area (TPSA) is 89.6 Å². The standard InChI is InChI=1S/C16H15N3O4/c1-22-15-6-4-11(8-14(15)21)19-9-12(17-18-19)10-3-5-13(20)16(7-10)23-2/h3-9,20-21H,1-2H3. The quantitative estimate of drug-likeness (QED) is 0.768. The molecule has 23 heavy (non-hydrogen) atoms. The molecule has 0 aliphatic carbocycles. The molecule has 0 saturated carbocycles. The van der Waals surface area contributed by atoms with E-state index in [9.17, 15) is 10.2 Å². The van der Waals surface area contributed by atoms with Gasteiger partial charge in [-0.25, -0.2) is 4.68 Å². The lowest BCUT2D eigenvalue weighted by Crippen LogP contribution is -1.95. The van der Waals surface area contributed by atoms with E-state index in [2.05, 4.69) is 10.3 Å². The lowest BCUT2D eigenvalue weighted by atomic mass is 10.1. The monoisotopic (exact) mass is 313 g/mol. The van der Waals surface area contributed by atoms with Crippen molar-refractivity contribution < 1.29 is 19.7 Å². The number of hydrogen-bond acceptors (Lipinski definition) is 6. The van der Waals surface area contributed by atoms with Gasteiger partial charge in [-0.15, -0.1) is 5.10 Å². The van der Waals surface area contributed by atoms with Crippen molar-refractivity contribution in [2.24, 2.45) is 0 Å². The van der Waals surface area contributed by atoms with Crippen molar-refractivity contribution in [2.45, 2.75) is 0 Å². The van der Waals surface area contributed by atoms with Crippen molar-refractivity contribution in [3.8, 4) is 39.9 Å². The van der Waals surface area contributed by atoms with Crippen molar-refractivity contribution in [3.05, 3.63) is 42.6 Å². The molecule has 118 valence electrons. The average molecular weight is 313 g/mol. The Bertz CT molecular complexity index is 845. The summed E-state index contributed by atoms with van der Waals surface area (Å²) in [5, 5.41) is 27.6. The zero-order valence-corrected chi connectivity index (χ0v) is 12.6. The summed E-state index contributed by atoms with van der Waals surface area (Å²) in [7, 11) is 2.97. The normalized spacial score (nSPS) is 10.5. The number of methoxy groups -OCH3 is 2. The lowest BCUT2D eigenvalue weighted by molar-refractivity contribution is 0.373. The summed E-state index contributed by atoms with van der Waals surface area (Å²) in [6, 6.07) is 9.87. The second-order valence-corrected chi connectivity index (χ2v) is 4.79. The zero-order valence-electron chi connectivity index (χ0n) is 12.6. The van der Waals surface area contributed by atoms with Crippen LogP contribution < -0.4 is 9.47 Å². The first kappa shape index (κ1) is 14.7. The fourth-order valence-electron chi connectivity index (χ4n) is 2.18. The van der Waals surface area contributed by atoms with E-state index in [0.29, 0.717) is 22.9 Å². The van der Waals surface area contributed by atoms with E-state index < -0.39 is 0 Å². The van der Waals surface area contributed by atoms with Crippen LogP contribution in [0.3, 0.4) is 0 Å². The third-order valence-electron chi connectivity index (χ3n) is 3.40. The molecule has 0 bridgehead atoms. The molecule has 0 aliphatic heterocycles. The van der Waals surface area contributed by atoms with Crippen LogP contribution in [0.2, 0.25) is 0 Å². The number of aromatic hydroxyl groups is 2. The SMILES string of the molecule is COc1ccc(-n2cc(-c3ccc(O)c(OC)c3)nn2)cc1O. The predicted octanol–water partition coefficient (Wildman–Crippen LogP) is 2.36. The summed E-state index contributed by atoms with van der Waals surface area (Å²) in [4.78, 5) is 0. The first-order valence-corrected chi connectivity index (χ1v) is 6.79. The molecular formula is C16H15N3O4. The van der Waals surface area contributed by atoms with Crippen LogP contribution in [0.4, 0.5) is 0 Å². The number of ether oxygens (including phenoxy) is 2. The van der Waals surface area contributed by atoms with Crippen LogP contribution in [-0.4, -0.2) is 39.4 Å². The highest BCUT2D eigenvalue weighted by molar-refractivity contribution is 5.63. The summed E-state index contributed by atoms with van der Waals surface area (Å²) in [5.41, 5.74) is 2.01. The van der Waals surface area contributed by atoms with Crippen LogP contribution in [0.1, 0.15) is 0 Å². The fourth-order valence-corrected chi connectivity index (χ4v) is 2.18. The maximum Gasteiger partial charge on any atom is 0.161 e. The third-order valence-corrected chi connectivity index (χ3v) is 3.40. The van der Waals surface area contributed by atoms with Crippen LogP contribution in [-0.2, 0) is 0 Å². The fraction of sp³-hybridized carbons (Fsp3) is 0.125. The number of rotatable bonds is 4. The molecule has 3 rings (SSSR count). The van der Waals surface area contributed by atoms with Crippen molar-refractivity contribution >= 4 is 0 Å². The molecule has 0 amide bonds. The smallest absolute Gasteiger partial charge is 0.161 e. The Morgan fingerprint density at radius 1 is 0.913 bits per heavy atom. The average Bonchev–Trinajstić information content (AvgIpc) is 3.05. The molecule has 1 aromatic heterocycles. The van der Waals surface area contributed by atoms with E-state index in [1.807, 2.05) is 0 Å². The van der Waals surface area contributed by atoms with E-state index in [0.717, 1.165) is 5.56 Å². The second kappa shape index (κ2) is 5.88.